The maximum absolute atomic E-state index is 6.78. The van der Waals surface area contributed by atoms with E-state index in [1.54, 1.807) is 0 Å². The van der Waals surface area contributed by atoms with Crippen molar-refractivity contribution in [3.05, 3.63) is 0 Å². The van der Waals surface area contributed by atoms with Crippen LogP contribution in [0.1, 0.15) is 0 Å². The molecule has 0 bridgehead atoms. The summed E-state index contributed by atoms with van der Waals surface area (Å²) in [6, 6.07) is 0. The van der Waals surface area contributed by atoms with E-state index in [4.69, 9.17) is 45.3 Å². The van der Waals surface area contributed by atoms with Gasteiger partial charge in [-0.15, -0.1) is 0 Å². The highest BCUT2D eigenvalue weighted by molar-refractivity contribution is 6.93. The molecule has 0 spiro atoms. The minimum absolute atomic E-state index is 1.22. The van der Waals surface area contributed by atoms with E-state index in [1.807, 2.05) is 0 Å². The minimum atomic E-state index is -2.69. The van der Waals surface area contributed by atoms with Crippen molar-refractivity contribution in [2.45, 2.75) is 157 Å². The maximum atomic E-state index is 6.78. The van der Waals surface area contributed by atoms with Crippen LogP contribution < -0.4 is 0 Å². The Morgan fingerprint density at radius 3 is 0.426 bits per heavy atom. The molecule has 284 valence electrons. The van der Waals surface area contributed by atoms with E-state index in [2.05, 4.69) is 157 Å². The second-order valence-electron chi connectivity index (χ2n) is 17.3. The van der Waals surface area contributed by atoms with Crippen LogP contribution in [-0.4, -0.2) is 104 Å². The van der Waals surface area contributed by atoms with Gasteiger partial charge in [-0.2, -0.15) is 0 Å². The van der Waals surface area contributed by atoms with Gasteiger partial charge in [-0.25, -0.2) is 0 Å². The van der Waals surface area contributed by atoms with Crippen molar-refractivity contribution in [3.63, 3.8) is 0 Å². The van der Waals surface area contributed by atoms with E-state index in [9.17, 15) is 0 Å². The summed E-state index contributed by atoms with van der Waals surface area (Å²) in [7, 11) is -28.0. The SMILES string of the molecule is C[SiH](C)O[Si](C)(C)O[Si](C)(C)O[Si](C)(C)O[Si](C)(C)O[Si](C)(C)O[Si](C)(C)O[Si](C)(C)O[Si](C)(C)O[Si](C)(C)O[Si](C)(C)O[SiH](C)C. The van der Waals surface area contributed by atoms with E-state index < -0.39 is 104 Å². The molecular weight excluding hydrogens is 801 g/mol. The Morgan fingerprint density at radius 1 is 0.213 bits per heavy atom. The molecule has 0 unspecified atom stereocenters. The fourth-order valence-electron chi connectivity index (χ4n) is 6.68. The molecular formula is C24H74O11Si12. The molecule has 0 fully saturated rings. The zero-order valence-corrected chi connectivity index (χ0v) is 47.0. The van der Waals surface area contributed by atoms with E-state index in [1.165, 1.54) is 0 Å². The summed E-state index contributed by atoms with van der Waals surface area (Å²) in [5.41, 5.74) is 0. The fourth-order valence-corrected chi connectivity index (χ4v) is 64.0. The molecule has 0 aromatic carbocycles. The third kappa shape index (κ3) is 23.4. The van der Waals surface area contributed by atoms with Crippen LogP contribution in [0.2, 0.25) is 157 Å². The van der Waals surface area contributed by atoms with Crippen molar-refractivity contribution >= 4 is 104 Å². The molecule has 47 heavy (non-hydrogen) atoms. The zero-order valence-electron chi connectivity index (χ0n) is 34.6. The van der Waals surface area contributed by atoms with Gasteiger partial charge in [-0.05, 0) is 157 Å². The van der Waals surface area contributed by atoms with Gasteiger partial charge in [0.15, 0.2) is 18.1 Å². The second kappa shape index (κ2) is 17.1. The Labute approximate surface area is 304 Å². The average Bonchev–Trinajstić information content (AvgIpc) is 2.54. The molecule has 0 N–H and O–H groups in total. The predicted molar refractivity (Wildman–Crippen MR) is 225 cm³/mol. The van der Waals surface area contributed by atoms with Gasteiger partial charge in [-0.1, -0.05) is 0 Å². The number of hydrogen-bond acceptors (Lipinski definition) is 11. The van der Waals surface area contributed by atoms with E-state index >= 15 is 0 Å². The Hall–Kier alpha value is 2.16. The summed E-state index contributed by atoms with van der Waals surface area (Å²) < 4.78 is 72.7. The fraction of sp³-hybridized carbons (Fsp3) is 1.00. The summed E-state index contributed by atoms with van der Waals surface area (Å²) in [4.78, 5) is 0. The quantitative estimate of drug-likeness (QED) is 0.0986. The lowest BCUT2D eigenvalue weighted by Gasteiger charge is -2.44. The Balaban J connectivity index is 5.51. The summed E-state index contributed by atoms with van der Waals surface area (Å²) in [5.74, 6) is 0. The van der Waals surface area contributed by atoms with Crippen molar-refractivity contribution < 1.29 is 45.3 Å². The smallest absolute Gasteiger partial charge is 0.314 e. The molecule has 0 aliphatic heterocycles. The van der Waals surface area contributed by atoms with Gasteiger partial charge in [0.1, 0.15) is 0 Å². The Kier molecular flexibility index (Phi) is 17.9. The highest BCUT2D eigenvalue weighted by Gasteiger charge is 2.51. The molecule has 0 amide bonds. The van der Waals surface area contributed by atoms with Crippen LogP contribution in [-0.2, 0) is 45.3 Å². The monoisotopic (exact) mass is 874 g/mol. The van der Waals surface area contributed by atoms with Gasteiger partial charge in [0.25, 0.3) is 0 Å². The molecule has 0 saturated carbocycles. The van der Waals surface area contributed by atoms with Crippen LogP contribution in [0.4, 0.5) is 0 Å². The maximum Gasteiger partial charge on any atom is 0.314 e. The van der Waals surface area contributed by atoms with Crippen LogP contribution in [0.5, 0.6) is 0 Å². The average molecular weight is 876 g/mol. The largest absolute Gasteiger partial charge is 0.440 e. The van der Waals surface area contributed by atoms with Crippen molar-refractivity contribution in [1.82, 2.24) is 0 Å². The molecule has 0 aromatic rings. The number of rotatable bonds is 22. The molecule has 0 aliphatic rings. The van der Waals surface area contributed by atoms with Crippen LogP contribution in [0.15, 0.2) is 0 Å². The molecule has 0 aliphatic carbocycles. The highest BCUT2D eigenvalue weighted by Crippen LogP contribution is 2.31. The first-order chi connectivity index (χ1) is 20.2. The molecule has 23 heteroatoms. The van der Waals surface area contributed by atoms with Gasteiger partial charge in [-0.3, -0.25) is 0 Å². The lowest BCUT2D eigenvalue weighted by Crippen LogP contribution is -2.62. The Bertz CT molecular complexity index is 915. The van der Waals surface area contributed by atoms with Crippen LogP contribution in [0.3, 0.4) is 0 Å². The lowest BCUT2D eigenvalue weighted by atomic mass is 11.9. The summed E-state index contributed by atoms with van der Waals surface area (Å²) >= 11 is 0. The van der Waals surface area contributed by atoms with E-state index in [-0.39, 0.29) is 0 Å². The van der Waals surface area contributed by atoms with E-state index in [0.29, 0.717) is 0 Å². The van der Waals surface area contributed by atoms with Gasteiger partial charge < -0.3 is 45.3 Å². The van der Waals surface area contributed by atoms with Crippen molar-refractivity contribution in [1.29, 1.82) is 0 Å². The molecule has 0 rings (SSSR count). The summed E-state index contributed by atoms with van der Waals surface area (Å²) in [6.07, 6.45) is 0. The normalized spacial score (nSPS) is 15.7. The minimum Gasteiger partial charge on any atom is -0.440 e. The predicted octanol–water partition coefficient (Wildman–Crippen LogP) is 8.15. The van der Waals surface area contributed by atoms with Crippen LogP contribution in [0.25, 0.3) is 0 Å². The molecule has 11 nitrogen and oxygen atoms in total. The standard InChI is InChI=1S/C24H74O11Si12/c1-36(2)25-38(5,6)27-40(9,10)29-42(13,14)31-44(17,18)33-46(21,22)35-47(23,24)34-45(19,20)32-43(15,16)30-41(11,12)28-39(7,8)26-37(3)4/h36-37H,1-24H3. The first-order valence-electron chi connectivity index (χ1n) is 16.9. The van der Waals surface area contributed by atoms with Crippen molar-refractivity contribution in [3.8, 4) is 0 Å². The zero-order chi connectivity index (χ0) is 37.9. The molecule has 0 heterocycles. The van der Waals surface area contributed by atoms with Gasteiger partial charge in [0.2, 0.25) is 0 Å². The van der Waals surface area contributed by atoms with Crippen molar-refractivity contribution in [2.24, 2.45) is 0 Å². The summed E-state index contributed by atoms with van der Waals surface area (Å²) in [6.45, 7) is 50.3. The first kappa shape index (κ1) is 49.2. The number of hydrogen-bond donors (Lipinski definition) is 0. The summed E-state index contributed by atoms with van der Waals surface area (Å²) in [5, 5.41) is 0. The molecule has 0 aromatic heterocycles. The van der Waals surface area contributed by atoms with Gasteiger partial charge >= 0.3 is 85.6 Å². The van der Waals surface area contributed by atoms with E-state index in [0.717, 1.165) is 0 Å². The highest BCUT2D eigenvalue weighted by atomic mass is 28.5. The topological polar surface area (TPSA) is 102 Å². The third-order valence-electron chi connectivity index (χ3n) is 5.46. The van der Waals surface area contributed by atoms with Crippen molar-refractivity contribution in [2.75, 3.05) is 0 Å². The van der Waals surface area contributed by atoms with Gasteiger partial charge in [0, 0.05) is 0 Å². The molecule has 0 radical (unpaired) electrons. The van der Waals surface area contributed by atoms with Gasteiger partial charge in [0.05, 0.1) is 0 Å². The molecule has 0 atom stereocenters. The van der Waals surface area contributed by atoms with Crippen LogP contribution >= 0.6 is 0 Å². The first-order valence-corrected chi connectivity index (χ1v) is 50.6. The lowest BCUT2D eigenvalue weighted by molar-refractivity contribution is 0.254. The Morgan fingerprint density at radius 2 is 0.319 bits per heavy atom. The second-order valence-corrected chi connectivity index (χ2v) is 58.7. The molecule has 0 saturated heterocycles. The third-order valence-corrected chi connectivity index (χ3v) is 49.2. The van der Waals surface area contributed by atoms with Crippen LogP contribution in [0, 0.1) is 0 Å².